The van der Waals surface area contributed by atoms with Gasteiger partial charge in [0.05, 0.1) is 16.9 Å². The number of carbonyl (C=O) groups is 2. The summed E-state index contributed by atoms with van der Waals surface area (Å²) in [5.74, 6) is -1.59. The van der Waals surface area contributed by atoms with E-state index >= 15 is 0 Å². The summed E-state index contributed by atoms with van der Waals surface area (Å²) in [5, 5.41) is 11.3. The molecule has 0 radical (unpaired) electrons. The number of thioether (sulfide) groups is 1. The number of carbonyl (C=O) groups excluding carboxylic acids is 2. The Morgan fingerprint density at radius 3 is 2.67 bits per heavy atom. The molecule has 5 nitrogen and oxygen atoms in total. The third kappa shape index (κ3) is 3.38. The van der Waals surface area contributed by atoms with E-state index in [0.29, 0.717) is 15.3 Å². The highest BCUT2D eigenvalue weighted by molar-refractivity contribution is 9.10. The summed E-state index contributed by atoms with van der Waals surface area (Å²) in [7, 11) is 0. The van der Waals surface area contributed by atoms with Crippen LogP contribution in [0.5, 0.6) is 0 Å². The highest BCUT2D eigenvalue weighted by Crippen LogP contribution is 2.35. The summed E-state index contributed by atoms with van der Waals surface area (Å²) in [5.41, 5.74) is 0. The van der Waals surface area contributed by atoms with Crippen molar-refractivity contribution in [1.29, 1.82) is 0 Å². The number of carboxylic acids is 1. The Kier molecular flexibility index (Phi) is 4.90. The van der Waals surface area contributed by atoms with Gasteiger partial charge < -0.3 is 14.3 Å². The second kappa shape index (κ2) is 6.33. The third-order valence-electron chi connectivity index (χ3n) is 2.84. The van der Waals surface area contributed by atoms with Crippen molar-refractivity contribution in [2.24, 2.45) is 5.92 Å². The van der Waals surface area contributed by atoms with Crippen LogP contribution >= 0.6 is 39.9 Å². The molecule has 0 aromatic carbocycles. The predicted molar refractivity (Wildman–Crippen MR) is 85.1 cm³/mol. The van der Waals surface area contributed by atoms with Crippen LogP contribution in [0.15, 0.2) is 26.1 Å². The standard InChI is InChI=1S/C13H12BrNO4S2/c1-6(2)10(12(17)18)15-11(16)8(21-13(15)20)5-7-3-4-9(14)19-7/h3-6,10H,1-2H3,(H,17,18)/p-1/b8-5+/t10-/m0/s1. The van der Waals surface area contributed by atoms with E-state index in [-0.39, 0.29) is 10.2 Å². The molecule has 8 heteroatoms. The van der Waals surface area contributed by atoms with Crippen LogP contribution in [0.4, 0.5) is 0 Å². The lowest BCUT2D eigenvalue weighted by atomic mass is 10.0. The maximum absolute atomic E-state index is 12.4. The van der Waals surface area contributed by atoms with Crippen LogP contribution in [-0.2, 0) is 9.59 Å². The molecule has 2 rings (SSSR count). The van der Waals surface area contributed by atoms with Crippen LogP contribution in [-0.4, -0.2) is 27.1 Å². The van der Waals surface area contributed by atoms with Gasteiger partial charge in [0, 0.05) is 6.08 Å². The number of halogens is 1. The van der Waals surface area contributed by atoms with Gasteiger partial charge in [-0.25, -0.2) is 0 Å². The number of hydrogen-bond acceptors (Lipinski definition) is 6. The maximum atomic E-state index is 12.4. The summed E-state index contributed by atoms with van der Waals surface area (Å²) in [6, 6.07) is 2.31. The van der Waals surface area contributed by atoms with E-state index in [1.807, 2.05) is 0 Å². The zero-order valence-electron chi connectivity index (χ0n) is 11.2. The first kappa shape index (κ1) is 16.3. The smallest absolute Gasteiger partial charge is 0.266 e. The molecule has 2 heterocycles. The molecule has 0 bridgehead atoms. The number of furan rings is 1. The number of thiocarbonyl (C=S) groups is 1. The molecule has 0 spiro atoms. The number of amides is 1. The van der Waals surface area contributed by atoms with Crippen molar-refractivity contribution in [2.45, 2.75) is 19.9 Å². The molecule has 0 N–H and O–H groups in total. The van der Waals surface area contributed by atoms with Gasteiger partial charge in [-0.1, -0.05) is 37.8 Å². The third-order valence-corrected chi connectivity index (χ3v) is 4.60. The predicted octanol–water partition coefficient (Wildman–Crippen LogP) is 2.02. The van der Waals surface area contributed by atoms with Crippen molar-refractivity contribution in [3.63, 3.8) is 0 Å². The Balaban J connectivity index is 2.32. The molecule has 0 aliphatic carbocycles. The first-order valence-corrected chi connectivity index (χ1v) is 8.06. The maximum Gasteiger partial charge on any atom is 0.266 e. The molecule has 112 valence electrons. The SMILES string of the molecule is CC(C)[C@@H](C(=O)[O-])N1C(=O)/C(=C\c2ccc(Br)o2)SC1=S. The van der Waals surface area contributed by atoms with Crippen LogP contribution in [0.1, 0.15) is 19.6 Å². The topological polar surface area (TPSA) is 73.6 Å². The van der Waals surface area contributed by atoms with E-state index < -0.39 is 17.9 Å². The van der Waals surface area contributed by atoms with Crippen LogP contribution in [0.3, 0.4) is 0 Å². The Morgan fingerprint density at radius 1 is 1.52 bits per heavy atom. The molecule has 1 amide bonds. The average Bonchev–Trinajstić information content (AvgIpc) is 2.88. The Morgan fingerprint density at radius 2 is 2.19 bits per heavy atom. The summed E-state index contributed by atoms with van der Waals surface area (Å²) < 4.78 is 6.05. The lowest BCUT2D eigenvalue weighted by Crippen LogP contribution is -2.52. The second-order valence-electron chi connectivity index (χ2n) is 4.70. The number of nitrogens with zero attached hydrogens (tertiary/aromatic N) is 1. The molecule has 1 atom stereocenters. The highest BCUT2D eigenvalue weighted by Gasteiger charge is 2.39. The minimum atomic E-state index is -1.32. The number of rotatable bonds is 4. The van der Waals surface area contributed by atoms with E-state index in [0.717, 1.165) is 16.7 Å². The Bertz CT molecular complexity index is 638. The van der Waals surface area contributed by atoms with Gasteiger partial charge in [-0.05, 0) is 34.0 Å². The molecule has 21 heavy (non-hydrogen) atoms. The molecule has 1 aliphatic rings. The van der Waals surface area contributed by atoms with Crippen molar-refractivity contribution < 1.29 is 19.1 Å². The second-order valence-corrected chi connectivity index (χ2v) is 7.16. The summed E-state index contributed by atoms with van der Waals surface area (Å²) in [4.78, 5) is 25.1. The van der Waals surface area contributed by atoms with E-state index in [1.54, 1.807) is 26.0 Å². The fourth-order valence-corrected chi connectivity index (χ4v) is 3.56. The van der Waals surface area contributed by atoms with Crippen LogP contribution < -0.4 is 5.11 Å². The zero-order valence-corrected chi connectivity index (χ0v) is 14.4. The molecule has 1 aromatic rings. The van der Waals surface area contributed by atoms with Crippen molar-refractivity contribution in [3.8, 4) is 0 Å². The summed E-state index contributed by atoms with van der Waals surface area (Å²) >= 11 is 9.35. The van der Waals surface area contributed by atoms with Crippen molar-refractivity contribution in [3.05, 3.63) is 27.5 Å². The van der Waals surface area contributed by atoms with Crippen molar-refractivity contribution in [2.75, 3.05) is 0 Å². The van der Waals surface area contributed by atoms with Gasteiger partial charge in [-0.3, -0.25) is 9.69 Å². The van der Waals surface area contributed by atoms with E-state index in [9.17, 15) is 14.7 Å². The van der Waals surface area contributed by atoms with Crippen LogP contribution in [0.2, 0.25) is 0 Å². The fraction of sp³-hybridized carbons (Fsp3) is 0.308. The first-order chi connectivity index (χ1) is 9.81. The quantitative estimate of drug-likeness (QED) is 0.580. The zero-order chi connectivity index (χ0) is 15.7. The minimum absolute atomic E-state index is 0.208. The Hall–Kier alpha value is -1.12. The van der Waals surface area contributed by atoms with E-state index in [1.165, 1.54) is 6.08 Å². The first-order valence-electron chi connectivity index (χ1n) is 6.04. The minimum Gasteiger partial charge on any atom is -0.548 e. The van der Waals surface area contributed by atoms with Crippen molar-refractivity contribution >= 4 is 62.2 Å². The van der Waals surface area contributed by atoms with E-state index in [2.05, 4.69) is 15.9 Å². The molecule has 1 fully saturated rings. The number of aliphatic carboxylic acids is 1. The van der Waals surface area contributed by atoms with Gasteiger partial charge in [0.25, 0.3) is 5.91 Å². The van der Waals surface area contributed by atoms with Crippen molar-refractivity contribution in [1.82, 2.24) is 4.90 Å². The van der Waals surface area contributed by atoms with Gasteiger partial charge in [0.1, 0.15) is 10.1 Å². The normalized spacial score (nSPS) is 18.9. The van der Waals surface area contributed by atoms with Crippen LogP contribution in [0.25, 0.3) is 6.08 Å². The van der Waals surface area contributed by atoms with Gasteiger partial charge in [0.2, 0.25) is 0 Å². The summed E-state index contributed by atoms with van der Waals surface area (Å²) in [6.07, 6.45) is 1.54. The Labute approximate surface area is 139 Å². The lowest BCUT2D eigenvalue weighted by Gasteiger charge is -2.30. The number of carboxylic acid groups (broad SMARTS) is 1. The lowest BCUT2D eigenvalue weighted by molar-refractivity contribution is -0.311. The average molecular weight is 389 g/mol. The monoisotopic (exact) mass is 388 g/mol. The van der Waals surface area contributed by atoms with Gasteiger partial charge in [-0.15, -0.1) is 0 Å². The fourth-order valence-electron chi connectivity index (χ4n) is 1.93. The molecule has 1 aromatic heterocycles. The molecule has 0 saturated carbocycles. The van der Waals surface area contributed by atoms with Crippen LogP contribution in [0, 0.1) is 5.92 Å². The van der Waals surface area contributed by atoms with Gasteiger partial charge >= 0.3 is 0 Å². The van der Waals surface area contributed by atoms with E-state index in [4.69, 9.17) is 16.6 Å². The molecular weight excluding hydrogens is 378 g/mol. The largest absolute Gasteiger partial charge is 0.548 e. The number of hydrogen-bond donors (Lipinski definition) is 0. The highest BCUT2D eigenvalue weighted by atomic mass is 79.9. The van der Waals surface area contributed by atoms with Gasteiger partial charge in [0.15, 0.2) is 4.67 Å². The summed E-state index contributed by atoms with van der Waals surface area (Å²) in [6.45, 7) is 3.40. The molecular formula is C13H11BrNO4S2-. The van der Waals surface area contributed by atoms with Gasteiger partial charge in [-0.2, -0.15) is 0 Å². The molecule has 1 saturated heterocycles. The molecule has 0 unspecified atom stereocenters. The molecule has 1 aliphatic heterocycles.